The number of nitrogens with one attached hydrogen (secondary N) is 2. The molecular formula is C20H22Cl2N2O4. The van der Waals surface area contributed by atoms with Gasteiger partial charge in [-0.15, -0.1) is 0 Å². The summed E-state index contributed by atoms with van der Waals surface area (Å²) in [4.78, 5) is 24.3. The van der Waals surface area contributed by atoms with Crippen LogP contribution < -0.4 is 20.3 Å². The number of carbonyl (C=O) groups is 2. The van der Waals surface area contributed by atoms with Gasteiger partial charge < -0.3 is 9.47 Å². The van der Waals surface area contributed by atoms with Gasteiger partial charge >= 0.3 is 0 Å². The Bertz CT molecular complexity index is 873. The molecule has 0 saturated carbocycles. The molecule has 0 aliphatic rings. The average molecular weight is 425 g/mol. The first kappa shape index (κ1) is 21.9. The monoisotopic (exact) mass is 424 g/mol. The van der Waals surface area contributed by atoms with Gasteiger partial charge in [0.25, 0.3) is 11.8 Å². The van der Waals surface area contributed by atoms with Gasteiger partial charge in [-0.3, -0.25) is 20.4 Å². The number of amides is 2. The minimum Gasteiger partial charge on any atom is -0.481 e. The highest BCUT2D eigenvalue weighted by Crippen LogP contribution is 2.28. The van der Waals surface area contributed by atoms with Crippen LogP contribution in [0.2, 0.25) is 10.0 Å². The fraction of sp³-hybridized carbons (Fsp3) is 0.300. The van der Waals surface area contributed by atoms with Gasteiger partial charge in [-0.25, -0.2) is 0 Å². The minimum atomic E-state index is -0.894. The van der Waals surface area contributed by atoms with Crippen molar-refractivity contribution in [1.29, 1.82) is 0 Å². The van der Waals surface area contributed by atoms with E-state index in [-0.39, 0.29) is 5.02 Å². The van der Waals surface area contributed by atoms with Crippen molar-refractivity contribution >= 4 is 35.0 Å². The molecule has 28 heavy (non-hydrogen) atoms. The molecule has 0 aromatic heterocycles. The molecule has 2 aromatic carbocycles. The molecule has 0 aliphatic carbocycles. The maximum absolute atomic E-state index is 12.2. The van der Waals surface area contributed by atoms with Crippen molar-refractivity contribution in [2.75, 3.05) is 0 Å². The molecule has 2 atom stereocenters. The Labute approximate surface area is 174 Å². The zero-order chi connectivity index (χ0) is 20.8. The number of aryl methyl sites for hydroxylation is 2. The van der Waals surface area contributed by atoms with Crippen LogP contribution >= 0.6 is 23.2 Å². The molecule has 2 rings (SSSR count). The predicted molar refractivity (Wildman–Crippen MR) is 109 cm³/mol. The summed E-state index contributed by atoms with van der Waals surface area (Å²) < 4.78 is 11.2. The summed E-state index contributed by atoms with van der Waals surface area (Å²) >= 11 is 11.8. The van der Waals surface area contributed by atoms with Gasteiger partial charge in [-0.05, 0) is 63.1 Å². The average Bonchev–Trinajstić information content (AvgIpc) is 2.64. The van der Waals surface area contributed by atoms with E-state index in [4.69, 9.17) is 32.7 Å². The summed E-state index contributed by atoms with van der Waals surface area (Å²) in [5, 5.41) is 0.742. The number of rotatable bonds is 6. The van der Waals surface area contributed by atoms with Crippen LogP contribution in [0, 0.1) is 13.8 Å². The molecule has 150 valence electrons. The van der Waals surface area contributed by atoms with Crippen LogP contribution in [0.1, 0.15) is 25.0 Å². The molecule has 6 nitrogen and oxygen atoms in total. The molecule has 0 saturated heterocycles. The largest absolute Gasteiger partial charge is 0.481 e. The van der Waals surface area contributed by atoms with E-state index in [1.54, 1.807) is 19.1 Å². The predicted octanol–water partition coefficient (Wildman–Crippen LogP) is 3.99. The van der Waals surface area contributed by atoms with Crippen LogP contribution in [0.3, 0.4) is 0 Å². The number of hydrogen-bond donors (Lipinski definition) is 2. The van der Waals surface area contributed by atoms with E-state index in [2.05, 4.69) is 10.9 Å². The Morgan fingerprint density at radius 3 is 2.00 bits per heavy atom. The standard InChI is InChI=1S/C20H22Cl2N2O4/c1-11-5-6-12(2)18(9-11)28-14(4)20(26)24-23-19(25)13(3)27-17-8-7-15(21)10-16(17)22/h5-10,13-14H,1-4H3,(H,23,25)(H,24,26). The van der Waals surface area contributed by atoms with Gasteiger partial charge in [0.15, 0.2) is 12.2 Å². The van der Waals surface area contributed by atoms with Gasteiger partial charge in [0, 0.05) is 5.02 Å². The van der Waals surface area contributed by atoms with Crippen molar-refractivity contribution in [3.8, 4) is 11.5 Å². The third-order valence-electron chi connectivity index (χ3n) is 3.89. The van der Waals surface area contributed by atoms with Crippen LogP contribution in [0.15, 0.2) is 36.4 Å². The quantitative estimate of drug-likeness (QED) is 0.687. The van der Waals surface area contributed by atoms with Crippen molar-refractivity contribution in [3.63, 3.8) is 0 Å². The van der Waals surface area contributed by atoms with Crippen molar-refractivity contribution in [3.05, 3.63) is 57.6 Å². The molecular weight excluding hydrogens is 403 g/mol. The summed E-state index contributed by atoms with van der Waals surface area (Å²) in [6, 6.07) is 10.4. The molecule has 0 fully saturated rings. The van der Waals surface area contributed by atoms with E-state index in [0.717, 1.165) is 11.1 Å². The van der Waals surface area contributed by atoms with Crippen LogP contribution in [0.4, 0.5) is 0 Å². The number of halogens is 2. The second kappa shape index (κ2) is 9.66. The number of ether oxygens (including phenoxy) is 2. The van der Waals surface area contributed by atoms with Crippen LogP contribution in [0.5, 0.6) is 11.5 Å². The van der Waals surface area contributed by atoms with E-state index < -0.39 is 24.0 Å². The fourth-order valence-corrected chi connectivity index (χ4v) is 2.67. The van der Waals surface area contributed by atoms with Crippen molar-refractivity contribution < 1.29 is 19.1 Å². The molecule has 8 heteroatoms. The zero-order valence-electron chi connectivity index (χ0n) is 16.0. The van der Waals surface area contributed by atoms with Crippen LogP contribution in [0.25, 0.3) is 0 Å². The maximum Gasteiger partial charge on any atom is 0.279 e. The first-order chi connectivity index (χ1) is 13.2. The van der Waals surface area contributed by atoms with Crippen LogP contribution in [-0.4, -0.2) is 24.0 Å². The topological polar surface area (TPSA) is 76.7 Å². The minimum absolute atomic E-state index is 0.284. The number of benzene rings is 2. The Balaban J connectivity index is 1.86. The molecule has 2 aromatic rings. The zero-order valence-corrected chi connectivity index (χ0v) is 17.5. The lowest BCUT2D eigenvalue weighted by Gasteiger charge is -2.19. The molecule has 2 amide bonds. The normalized spacial score (nSPS) is 12.6. The summed E-state index contributed by atoms with van der Waals surface area (Å²) in [5.41, 5.74) is 6.58. The lowest BCUT2D eigenvalue weighted by atomic mass is 10.1. The highest BCUT2D eigenvalue weighted by Gasteiger charge is 2.20. The SMILES string of the molecule is Cc1ccc(C)c(OC(C)C(=O)NNC(=O)C(C)Oc2ccc(Cl)cc2Cl)c1. The van der Waals surface area contributed by atoms with Gasteiger partial charge in [0.1, 0.15) is 11.5 Å². The molecule has 2 N–H and O–H groups in total. The van der Waals surface area contributed by atoms with E-state index >= 15 is 0 Å². The second-order valence-corrected chi connectivity index (χ2v) is 7.19. The molecule has 0 radical (unpaired) electrons. The third kappa shape index (κ3) is 6.04. The molecule has 2 unspecified atom stereocenters. The van der Waals surface area contributed by atoms with E-state index in [9.17, 15) is 9.59 Å². The summed E-state index contributed by atoms with van der Waals surface area (Å²) in [6.07, 6.45) is -1.70. The molecule has 0 spiro atoms. The van der Waals surface area contributed by atoms with Gasteiger partial charge in [-0.1, -0.05) is 35.3 Å². The Hall–Kier alpha value is -2.44. The number of carbonyl (C=O) groups excluding carboxylic acids is 2. The summed E-state index contributed by atoms with van der Waals surface area (Å²) in [7, 11) is 0. The molecule has 0 heterocycles. The summed E-state index contributed by atoms with van der Waals surface area (Å²) in [6.45, 7) is 6.95. The maximum atomic E-state index is 12.2. The smallest absolute Gasteiger partial charge is 0.279 e. The van der Waals surface area contributed by atoms with Crippen molar-refractivity contribution in [2.45, 2.75) is 39.9 Å². The van der Waals surface area contributed by atoms with Gasteiger partial charge in [0.2, 0.25) is 0 Å². The third-order valence-corrected chi connectivity index (χ3v) is 4.42. The highest BCUT2D eigenvalue weighted by molar-refractivity contribution is 6.35. The van der Waals surface area contributed by atoms with Crippen LogP contribution in [-0.2, 0) is 9.59 Å². The van der Waals surface area contributed by atoms with Crippen molar-refractivity contribution in [2.24, 2.45) is 0 Å². The molecule has 0 aliphatic heterocycles. The Morgan fingerprint density at radius 2 is 1.43 bits per heavy atom. The van der Waals surface area contributed by atoms with E-state index in [0.29, 0.717) is 16.5 Å². The first-order valence-electron chi connectivity index (χ1n) is 8.62. The lowest BCUT2D eigenvalue weighted by Crippen LogP contribution is -2.50. The molecule has 0 bridgehead atoms. The fourth-order valence-electron chi connectivity index (χ4n) is 2.22. The lowest BCUT2D eigenvalue weighted by molar-refractivity contribution is -0.135. The van der Waals surface area contributed by atoms with E-state index in [1.165, 1.54) is 13.0 Å². The number of hydrazine groups is 1. The first-order valence-corrected chi connectivity index (χ1v) is 9.38. The number of hydrogen-bond acceptors (Lipinski definition) is 4. The Morgan fingerprint density at radius 1 is 0.857 bits per heavy atom. The van der Waals surface area contributed by atoms with Gasteiger partial charge in [-0.2, -0.15) is 0 Å². The highest BCUT2D eigenvalue weighted by atomic mass is 35.5. The van der Waals surface area contributed by atoms with Crippen molar-refractivity contribution in [1.82, 2.24) is 10.9 Å². The Kier molecular flexibility index (Phi) is 7.54. The second-order valence-electron chi connectivity index (χ2n) is 6.34. The van der Waals surface area contributed by atoms with E-state index in [1.807, 2.05) is 32.0 Å². The summed E-state index contributed by atoms with van der Waals surface area (Å²) in [5.74, 6) is -0.112. The van der Waals surface area contributed by atoms with Gasteiger partial charge in [0.05, 0.1) is 5.02 Å².